The summed E-state index contributed by atoms with van der Waals surface area (Å²) in [7, 11) is 0. The van der Waals surface area contributed by atoms with Crippen LogP contribution >= 0.6 is 0 Å². The molecule has 0 aliphatic heterocycles. The Hall–Kier alpha value is -1.72. The number of hydrogen-bond acceptors (Lipinski definition) is 4. The Bertz CT molecular complexity index is 484. The van der Waals surface area contributed by atoms with Crippen molar-refractivity contribution in [1.29, 1.82) is 0 Å². The van der Waals surface area contributed by atoms with E-state index in [1.165, 1.54) is 5.56 Å². The fourth-order valence-electron chi connectivity index (χ4n) is 2.04. The van der Waals surface area contributed by atoms with Gasteiger partial charge in [-0.15, -0.1) is 5.10 Å². The van der Waals surface area contributed by atoms with Crippen LogP contribution in [0.3, 0.4) is 0 Å². The number of hydrogen-bond donors (Lipinski definition) is 2. The first-order valence-corrected chi connectivity index (χ1v) is 7.13. The first kappa shape index (κ1) is 14.7. The van der Waals surface area contributed by atoms with Crippen molar-refractivity contribution in [3.05, 3.63) is 47.8 Å². The van der Waals surface area contributed by atoms with E-state index >= 15 is 0 Å². The van der Waals surface area contributed by atoms with Crippen molar-refractivity contribution in [2.75, 3.05) is 13.2 Å². The average molecular weight is 274 g/mol. The Morgan fingerprint density at radius 3 is 2.80 bits per heavy atom. The summed E-state index contributed by atoms with van der Waals surface area (Å²) >= 11 is 0. The Balaban J connectivity index is 1.60. The van der Waals surface area contributed by atoms with Crippen LogP contribution in [0.1, 0.15) is 24.1 Å². The zero-order valence-corrected chi connectivity index (χ0v) is 11.7. The number of nitrogens with zero attached hydrogens (tertiary/aromatic N) is 3. The highest BCUT2D eigenvalue weighted by atomic mass is 16.3. The van der Waals surface area contributed by atoms with Crippen molar-refractivity contribution in [1.82, 2.24) is 20.3 Å². The Morgan fingerprint density at radius 1 is 1.15 bits per heavy atom. The van der Waals surface area contributed by atoms with E-state index in [2.05, 4.69) is 39.9 Å². The van der Waals surface area contributed by atoms with Gasteiger partial charge in [-0.1, -0.05) is 35.5 Å². The molecule has 2 N–H and O–H groups in total. The first-order valence-electron chi connectivity index (χ1n) is 7.13. The molecule has 0 aliphatic rings. The van der Waals surface area contributed by atoms with Crippen LogP contribution in [0.2, 0.25) is 0 Å². The van der Waals surface area contributed by atoms with Crippen molar-refractivity contribution >= 4 is 0 Å². The summed E-state index contributed by atoms with van der Waals surface area (Å²) < 4.78 is 1.78. The lowest BCUT2D eigenvalue weighted by molar-refractivity contribution is 0.276. The maximum absolute atomic E-state index is 8.75. The molecule has 1 heterocycles. The van der Waals surface area contributed by atoms with E-state index in [0.29, 0.717) is 6.42 Å². The molecule has 108 valence electrons. The largest absolute Gasteiger partial charge is 0.396 e. The SMILES string of the molecule is OCCCn1cc(CNCCCc2ccccc2)nn1. The van der Waals surface area contributed by atoms with E-state index in [9.17, 15) is 0 Å². The monoisotopic (exact) mass is 274 g/mol. The molecule has 0 saturated carbocycles. The number of aliphatic hydroxyl groups excluding tert-OH is 1. The van der Waals surface area contributed by atoms with Gasteiger partial charge in [0.2, 0.25) is 0 Å². The van der Waals surface area contributed by atoms with Gasteiger partial charge in [-0.2, -0.15) is 0 Å². The highest BCUT2D eigenvalue weighted by Crippen LogP contribution is 2.01. The Kier molecular flexibility index (Phi) is 6.20. The van der Waals surface area contributed by atoms with Crippen molar-refractivity contribution in [2.45, 2.75) is 32.4 Å². The van der Waals surface area contributed by atoms with E-state index in [1.54, 1.807) is 4.68 Å². The number of aliphatic hydroxyl groups is 1. The molecule has 0 radical (unpaired) electrons. The number of aromatic nitrogens is 3. The van der Waals surface area contributed by atoms with E-state index in [0.717, 1.165) is 38.2 Å². The molecule has 2 aromatic rings. The lowest BCUT2D eigenvalue weighted by Crippen LogP contribution is -2.15. The molecule has 1 aromatic carbocycles. The number of rotatable bonds is 9. The minimum atomic E-state index is 0.187. The van der Waals surface area contributed by atoms with Gasteiger partial charge >= 0.3 is 0 Å². The minimum Gasteiger partial charge on any atom is -0.396 e. The second-order valence-electron chi connectivity index (χ2n) is 4.82. The molecule has 0 unspecified atom stereocenters. The maximum atomic E-state index is 8.75. The third kappa shape index (κ3) is 5.11. The molecule has 5 heteroatoms. The molecular formula is C15H22N4O. The molecule has 20 heavy (non-hydrogen) atoms. The van der Waals surface area contributed by atoms with Crippen LogP contribution in [0.15, 0.2) is 36.5 Å². The fraction of sp³-hybridized carbons (Fsp3) is 0.467. The Labute approximate surface area is 119 Å². The van der Waals surface area contributed by atoms with Crippen molar-refractivity contribution in [2.24, 2.45) is 0 Å². The molecule has 0 atom stereocenters. The second kappa shape index (κ2) is 8.45. The van der Waals surface area contributed by atoms with Crippen molar-refractivity contribution in [3.63, 3.8) is 0 Å². The van der Waals surface area contributed by atoms with Crippen LogP contribution in [-0.2, 0) is 19.5 Å². The lowest BCUT2D eigenvalue weighted by Gasteiger charge is -2.02. The molecule has 0 aliphatic carbocycles. The highest BCUT2D eigenvalue weighted by molar-refractivity contribution is 5.14. The maximum Gasteiger partial charge on any atom is 0.0964 e. The summed E-state index contributed by atoms with van der Waals surface area (Å²) in [5, 5.41) is 20.2. The quantitative estimate of drug-likeness (QED) is 0.678. The van der Waals surface area contributed by atoms with Gasteiger partial charge in [0.15, 0.2) is 0 Å². The molecule has 2 rings (SSSR count). The normalized spacial score (nSPS) is 10.8. The third-order valence-electron chi connectivity index (χ3n) is 3.10. The summed E-state index contributed by atoms with van der Waals surface area (Å²) in [6.07, 6.45) is 4.85. The van der Waals surface area contributed by atoms with Gasteiger partial charge in [0.1, 0.15) is 0 Å². The summed E-state index contributed by atoms with van der Waals surface area (Å²) in [5.74, 6) is 0. The van der Waals surface area contributed by atoms with Gasteiger partial charge in [-0.05, 0) is 31.4 Å². The smallest absolute Gasteiger partial charge is 0.0964 e. The Morgan fingerprint density at radius 2 is 2.00 bits per heavy atom. The molecule has 1 aromatic heterocycles. The van der Waals surface area contributed by atoms with Gasteiger partial charge in [-0.3, -0.25) is 4.68 Å². The number of benzene rings is 1. The zero-order chi connectivity index (χ0) is 14.0. The van der Waals surface area contributed by atoms with Crippen molar-refractivity contribution in [3.8, 4) is 0 Å². The van der Waals surface area contributed by atoms with Gasteiger partial charge in [-0.25, -0.2) is 0 Å². The van der Waals surface area contributed by atoms with E-state index in [-0.39, 0.29) is 6.61 Å². The molecular weight excluding hydrogens is 252 g/mol. The van der Waals surface area contributed by atoms with Gasteiger partial charge in [0.25, 0.3) is 0 Å². The molecule has 0 spiro atoms. The van der Waals surface area contributed by atoms with Gasteiger partial charge < -0.3 is 10.4 Å². The molecule has 0 bridgehead atoms. The fourth-order valence-corrected chi connectivity index (χ4v) is 2.04. The predicted octanol–water partition coefficient (Wildman–Crippen LogP) is 1.38. The summed E-state index contributed by atoms with van der Waals surface area (Å²) in [5.41, 5.74) is 2.33. The standard InChI is InChI=1S/C15H22N4O/c20-11-5-10-19-13-15(17-18-19)12-16-9-4-8-14-6-2-1-3-7-14/h1-3,6-7,13,16,20H,4-5,8-12H2. The van der Waals surface area contributed by atoms with Gasteiger partial charge in [0, 0.05) is 25.9 Å². The number of nitrogens with one attached hydrogen (secondary N) is 1. The van der Waals surface area contributed by atoms with Crippen molar-refractivity contribution < 1.29 is 5.11 Å². The summed E-state index contributed by atoms with van der Waals surface area (Å²) in [6.45, 7) is 2.62. The highest BCUT2D eigenvalue weighted by Gasteiger charge is 2.00. The molecule has 5 nitrogen and oxygen atoms in total. The van der Waals surface area contributed by atoms with Crippen LogP contribution in [-0.4, -0.2) is 33.3 Å². The molecule has 0 saturated heterocycles. The first-order chi connectivity index (χ1) is 9.88. The summed E-state index contributed by atoms with van der Waals surface area (Å²) in [6, 6.07) is 10.5. The van der Waals surface area contributed by atoms with Crippen LogP contribution < -0.4 is 5.32 Å². The number of aryl methyl sites for hydroxylation is 2. The third-order valence-corrected chi connectivity index (χ3v) is 3.10. The summed E-state index contributed by atoms with van der Waals surface area (Å²) in [4.78, 5) is 0. The van der Waals surface area contributed by atoms with Crippen LogP contribution in [0.5, 0.6) is 0 Å². The zero-order valence-electron chi connectivity index (χ0n) is 11.7. The lowest BCUT2D eigenvalue weighted by atomic mass is 10.1. The van der Waals surface area contributed by atoms with E-state index in [4.69, 9.17) is 5.11 Å². The van der Waals surface area contributed by atoms with E-state index < -0.39 is 0 Å². The van der Waals surface area contributed by atoms with Crippen LogP contribution in [0.4, 0.5) is 0 Å². The van der Waals surface area contributed by atoms with Crippen LogP contribution in [0, 0.1) is 0 Å². The topological polar surface area (TPSA) is 63.0 Å². The second-order valence-corrected chi connectivity index (χ2v) is 4.82. The molecule has 0 fully saturated rings. The average Bonchev–Trinajstić information content (AvgIpc) is 2.94. The van der Waals surface area contributed by atoms with Gasteiger partial charge in [0.05, 0.1) is 5.69 Å². The minimum absolute atomic E-state index is 0.187. The predicted molar refractivity (Wildman–Crippen MR) is 78.2 cm³/mol. The van der Waals surface area contributed by atoms with E-state index in [1.807, 2.05) is 12.3 Å². The molecule has 0 amide bonds. The van der Waals surface area contributed by atoms with Crippen LogP contribution in [0.25, 0.3) is 0 Å².